The molecule has 1 atom stereocenters. The molecule has 1 N–H and O–H groups in total. The van der Waals surface area contributed by atoms with Crippen LogP contribution in [0.2, 0.25) is 0 Å². The van der Waals surface area contributed by atoms with E-state index in [2.05, 4.69) is 6.58 Å². The van der Waals surface area contributed by atoms with Crippen LogP contribution < -0.4 is 0 Å². The van der Waals surface area contributed by atoms with Gasteiger partial charge >= 0.3 is 0 Å². The summed E-state index contributed by atoms with van der Waals surface area (Å²) in [4.78, 5) is 8.36. The van der Waals surface area contributed by atoms with Gasteiger partial charge in [-0.25, -0.2) is 0 Å². The van der Waals surface area contributed by atoms with Gasteiger partial charge in [0.05, 0.1) is 0 Å². The topological polar surface area (TPSA) is 55.8 Å². The fourth-order valence-corrected chi connectivity index (χ4v) is 1.03. The molecule has 0 aliphatic carbocycles. The largest absolute Gasteiger partial charge is 0.486 e. The molecule has 1 aliphatic rings. The zero-order chi connectivity index (χ0) is 13.7. The normalized spacial score (nSPS) is 22.0. The van der Waals surface area contributed by atoms with Crippen LogP contribution >= 0.6 is 0 Å². The molecule has 0 aromatic heterocycles. The average molecular weight is 242 g/mol. The first-order valence-corrected chi connectivity index (χ1v) is 5.56. The molecule has 0 spiro atoms. The molecular formula is C13H22O4. The Morgan fingerprint density at radius 2 is 1.94 bits per heavy atom. The van der Waals surface area contributed by atoms with E-state index in [1.165, 1.54) is 0 Å². The summed E-state index contributed by atoms with van der Waals surface area (Å²) in [5.74, 6) is 1.57. The van der Waals surface area contributed by atoms with Crippen molar-refractivity contribution < 1.29 is 19.4 Å². The van der Waals surface area contributed by atoms with Gasteiger partial charge in [0.15, 0.2) is 11.5 Å². The summed E-state index contributed by atoms with van der Waals surface area (Å²) in [6.45, 7) is 11.9. The van der Waals surface area contributed by atoms with Gasteiger partial charge in [-0.15, -0.1) is 0 Å². The Hall–Kier alpha value is -1.71. The van der Waals surface area contributed by atoms with E-state index in [-0.39, 0.29) is 12.6 Å². The first-order valence-electron chi connectivity index (χ1n) is 5.56. The molecule has 0 bridgehead atoms. The van der Waals surface area contributed by atoms with Crippen LogP contribution in [0.5, 0.6) is 0 Å². The van der Waals surface area contributed by atoms with Crippen LogP contribution in [0.15, 0.2) is 36.3 Å². The summed E-state index contributed by atoms with van der Waals surface area (Å²) in [7, 11) is 0. The van der Waals surface area contributed by atoms with Gasteiger partial charge < -0.3 is 14.6 Å². The summed E-state index contributed by atoms with van der Waals surface area (Å²) < 4.78 is 11.0. The lowest BCUT2D eigenvalue weighted by Gasteiger charge is -2.25. The van der Waals surface area contributed by atoms with Crippen molar-refractivity contribution in [2.24, 2.45) is 0 Å². The minimum atomic E-state index is -0.250. The second-order valence-electron chi connectivity index (χ2n) is 2.76. The predicted molar refractivity (Wildman–Crippen MR) is 68.6 cm³/mol. The van der Waals surface area contributed by atoms with Crippen LogP contribution in [0.25, 0.3) is 0 Å². The number of carboxylic acid groups (broad SMARTS) is 1. The maximum Gasteiger partial charge on any atom is 0.290 e. The minimum Gasteiger partial charge on any atom is -0.486 e. The molecule has 1 fully saturated rings. The maximum absolute atomic E-state index is 8.36. The summed E-state index contributed by atoms with van der Waals surface area (Å²) in [6, 6.07) is 0. The van der Waals surface area contributed by atoms with Gasteiger partial charge in [-0.3, -0.25) is 4.79 Å². The number of hydrogen-bond acceptors (Lipinski definition) is 3. The zero-order valence-electron chi connectivity index (χ0n) is 11.0. The Morgan fingerprint density at radius 1 is 1.41 bits per heavy atom. The lowest BCUT2D eigenvalue weighted by atomic mass is 10.3. The van der Waals surface area contributed by atoms with E-state index in [1.54, 1.807) is 12.2 Å². The fourth-order valence-electron chi connectivity index (χ4n) is 1.03. The molecule has 4 nitrogen and oxygen atoms in total. The Morgan fingerprint density at radius 3 is 2.35 bits per heavy atom. The molecule has 1 heterocycles. The third-order valence-corrected chi connectivity index (χ3v) is 1.58. The van der Waals surface area contributed by atoms with Crippen LogP contribution in [0.3, 0.4) is 0 Å². The number of carbonyl (C=O) groups is 1. The highest BCUT2D eigenvalue weighted by Gasteiger charge is 2.17. The maximum atomic E-state index is 8.36. The second-order valence-corrected chi connectivity index (χ2v) is 2.76. The van der Waals surface area contributed by atoms with Crippen LogP contribution in [-0.2, 0) is 14.3 Å². The third kappa shape index (κ3) is 8.13. The van der Waals surface area contributed by atoms with Crippen LogP contribution in [0.4, 0.5) is 0 Å². The first-order chi connectivity index (χ1) is 8.19. The molecule has 17 heavy (non-hydrogen) atoms. The lowest BCUT2D eigenvalue weighted by Crippen LogP contribution is -2.22. The Balaban J connectivity index is 0. The average Bonchev–Trinajstić information content (AvgIpc) is 2.35. The van der Waals surface area contributed by atoms with Crippen LogP contribution in [-0.4, -0.2) is 24.3 Å². The van der Waals surface area contributed by atoms with Gasteiger partial charge in [0, 0.05) is 0 Å². The molecule has 98 valence electrons. The van der Waals surface area contributed by atoms with E-state index in [4.69, 9.17) is 19.4 Å². The fraction of sp³-hybridized carbons (Fsp3) is 0.462. The quantitative estimate of drug-likeness (QED) is 0.718. The molecule has 1 rings (SSSR count). The number of allylic oxidation sites excluding steroid dienone is 3. The van der Waals surface area contributed by atoms with Crippen molar-refractivity contribution in [2.75, 3.05) is 6.61 Å². The SMILES string of the molecule is C=C/C=C1/OCC(C)O/C1=C/C.CC.O=CO. The van der Waals surface area contributed by atoms with E-state index < -0.39 is 0 Å². The number of hydrogen-bond donors (Lipinski definition) is 1. The van der Waals surface area contributed by atoms with E-state index in [0.29, 0.717) is 6.61 Å². The van der Waals surface area contributed by atoms with E-state index in [0.717, 1.165) is 11.5 Å². The van der Waals surface area contributed by atoms with Crippen molar-refractivity contribution in [3.05, 3.63) is 36.3 Å². The van der Waals surface area contributed by atoms with Crippen molar-refractivity contribution in [2.45, 2.75) is 33.8 Å². The van der Waals surface area contributed by atoms with Crippen LogP contribution in [0, 0.1) is 0 Å². The summed E-state index contributed by atoms with van der Waals surface area (Å²) in [5.41, 5.74) is 0. The second kappa shape index (κ2) is 12.4. The van der Waals surface area contributed by atoms with Crippen molar-refractivity contribution in [3.63, 3.8) is 0 Å². The predicted octanol–water partition coefficient (Wildman–Crippen LogP) is 3.12. The van der Waals surface area contributed by atoms with E-state index in [9.17, 15) is 0 Å². The van der Waals surface area contributed by atoms with Gasteiger partial charge in [-0.2, -0.15) is 0 Å². The molecule has 4 heteroatoms. The Labute approximate surface area is 103 Å². The molecule has 0 aromatic rings. The Bertz CT molecular complexity index is 267. The van der Waals surface area contributed by atoms with Gasteiger partial charge in [-0.05, 0) is 26.0 Å². The highest BCUT2D eigenvalue weighted by atomic mass is 16.6. The van der Waals surface area contributed by atoms with E-state index in [1.807, 2.05) is 33.8 Å². The van der Waals surface area contributed by atoms with Crippen LogP contribution in [0.1, 0.15) is 27.7 Å². The standard InChI is InChI=1S/C10H14O2.C2H6.CH2O2/c1-4-6-10-9(5-2)12-8(3)7-11-10;1-2;2-1-3/h4-6,8H,1,7H2,2-3H3;1-2H3;1H,(H,2,3)/b9-5+,10-6+;;. The number of ether oxygens (including phenoxy) is 2. The van der Waals surface area contributed by atoms with E-state index >= 15 is 0 Å². The summed E-state index contributed by atoms with van der Waals surface area (Å²) in [5, 5.41) is 6.89. The summed E-state index contributed by atoms with van der Waals surface area (Å²) in [6.07, 6.45) is 5.53. The van der Waals surface area contributed by atoms with Crippen molar-refractivity contribution in [1.82, 2.24) is 0 Å². The molecule has 0 amide bonds. The molecule has 1 unspecified atom stereocenters. The third-order valence-electron chi connectivity index (χ3n) is 1.58. The molecule has 1 aliphatic heterocycles. The molecule has 1 saturated heterocycles. The summed E-state index contributed by atoms with van der Waals surface area (Å²) >= 11 is 0. The number of rotatable bonds is 1. The van der Waals surface area contributed by atoms with Gasteiger partial charge in [0.1, 0.15) is 12.7 Å². The highest BCUT2D eigenvalue weighted by molar-refractivity contribution is 5.32. The van der Waals surface area contributed by atoms with Crippen molar-refractivity contribution in [3.8, 4) is 0 Å². The lowest BCUT2D eigenvalue weighted by molar-refractivity contribution is -0.122. The zero-order valence-corrected chi connectivity index (χ0v) is 11.0. The van der Waals surface area contributed by atoms with Crippen molar-refractivity contribution >= 4 is 6.47 Å². The monoisotopic (exact) mass is 242 g/mol. The van der Waals surface area contributed by atoms with Gasteiger partial charge in [-0.1, -0.05) is 26.5 Å². The smallest absolute Gasteiger partial charge is 0.290 e. The molecular weight excluding hydrogens is 220 g/mol. The van der Waals surface area contributed by atoms with Gasteiger partial charge in [0.25, 0.3) is 6.47 Å². The molecule has 0 saturated carbocycles. The molecule has 0 radical (unpaired) electrons. The Kier molecular flexibility index (Phi) is 12.9. The highest BCUT2D eigenvalue weighted by Crippen LogP contribution is 2.21. The first kappa shape index (κ1) is 17.7. The minimum absolute atomic E-state index is 0.137. The molecule has 0 aromatic carbocycles. The van der Waals surface area contributed by atoms with Crippen molar-refractivity contribution in [1.29, 1.82) is 0 Å². The van der Waals surface area contributed by atoms with Gasteiger partial charge in [0.2, 0.25) is 0 Å².